The summed E-state index contributed by atoms with van der Waals surface area (Å²) in [6, 6.07) is 6.54. The maximum absolute atomic E-state index is 12.8. The van der Waals surface area contributed by atoms with Crippen molar-refractivity contribution < 1.29 is 19.1 Å². The summed E-state index contributed by atoms with van der Waals surface area (Å²) in [7, 11) is 0. The Balaban J connectivity index is 1.93. The summed E-state index contributed by atoms with van der Waals surface area (Å²) in [5, 5.41) is 0. The lowest BCUT2D eigenvalue weighted by Crippen LogP contribution is -2.54. The van der Waals surface area contributed by atoms with Crippen molar-refractivity contribution in [2.45, 2.75) is 11.8 Å². The van der Waals surface area contributed by atoms with Crippen LogP contribution in [0.25, 0.3) is 0 Å². The molecule has 0 radical (unpaired) electrons. The predicted molar refractivity (Wildman–Crippen MR) is 77.0 cm³/mol. The quantitative estimate of drug-likeness (QED) is 0.581. The molecule has 1 aliphatic carbocycles. The highest BCUT2D eigenvalue weighted by molar-refractivity contribution is 6.35. The Morgan fingerprint density at radius 2 is 1.77 bits per heavy atom. The number of ether oxygens (including phenoxy) is 1. The molecule has 1 unspecified atom stereocenters. The largest absolute Gasteiger partial charge is 0.326 e. The lowest BCUT2D eigenvalue weighted by Gasteiger charge is -2.40. The first-order valence-corrected chi connectivity index (χ1v) is 6.85. The van der Waals surface area contributed by atoms with Crippen LogP contribution in [0.3, 0.4) is 0 Å². The zero-order chi connectivity index (χ0) is 15.3. The van der Waals surface area contributed by atoms with E-state index < -0.39 is 23.4 Å². The molecular weight excluding hydrogens is 282 g/mol. The molecule has 5 nitrogen and oxygen atoms in total. The maximum atomic E-state index is 12.8. The summed E-state index contributed by atoms with van der Waals surface area (Å²) in [6.45, 7) is 0. The van der Waals surface area contributed by atoms with Crippen LogP contribution in [0.4, 0.5) is 0 Å². The number of carbonyl (C=O) groups excluding carboxylic acids is 3. The Morgan fingerprint density at radius 3 is 2.41 bits per heavy atom. The van der Waals surface area contributed by atoms with Gasteiger partial charge < -0.3 is 9.64 Å². The Bertz CT molecular complexity index is 768. The minimum Gasteiger partial charge on any atom is -0.326 e. The molecule has 22 heavy (non-hydrogen) atoms. The summed E-state index contributed by atoms with van der Waals surface area (Å²) in [5.74, 6) is -0.955. The van der Waals surface area contributed by atoms with Crippen molar-refractivity contribution in [1.82, 2.24) is 4.90 Å². The van der Waals surface area contributed by atoms with Crippen LogP contribution >= 0.6 is 0 Å². The van der Waals surface area contributed by atoms with Gasteiger partial charge in [0.2, 0.25) is 17.2 Å². The number of allylic oxidation sites excluding steroid dienone is 2. The first kappa shape index (κ1) is 12.9. The zero-order valence-electron chi connectivity index (χ0n) is 11.4. The van der Waals surface area contributed by atoms with Gasteiger partial charge in [0, 0.05) is 23.5 Å². The fourth-order valence-electron chi connectivity index (χ4n) is 3.05. The molecule has 0 saturated carbocycles. The second-order valence-electron chi connectivity index (χ2n) is 5.27. The van der Waals surface area contributed by atoms with Gasteiger partial charge in [-0.1, -0.05) is 30.3 Å². The molecule has 1 atom stereocenters. The lowest BCUT2D eigenvalue weighted by molar-refractivity contribution is -0.111. The van der Waals surface area contributed by atoms with E-state index in [4.69, 9.17) is 4.74 Å². The molecule has 1 aromatic carbocycles. The third kappa shape index (κ3) is 1.43. The van der Waals surface area contributed by atoms with Gasteiger partial charge in [-0.2, -0.15) is 0 Å². The van der Waals surface area contributed by atoms with Crippen LogP contribution in [0.5, 0.6) is 0 Å². The van der Waals surface area contributed by atoms with E-state index in [-0.39, 0.29) is 5.57 Å². The van der Waals surface area contributed by atoms with Crippen LogP contribution in [-0.4, -0.2) is 34.6 Å². The molecule has 0 saturated heterocycles. The van der Waals surface area contributed by atoms with E-state index in [2.05, 4.69) is 0 Å². The summed E-state index contributed by atoms with van der Waals surface area (Å²) in [5.41, 5.74) is -1.25. The Kier molecular flexibility index (Phi) is 2.55. The fraction of sp³-hybridized carbons (Fsp3) is 0.118. The minimum absolute atomic E-state index is 0.0231. The lowest BCUT2D eigenvalue weighted by atomic mass is 9.87. The standard InChI is InChI=1S/C17H11NO4/c19-10-11-9-18-8-4-3-7-14(18)22-17(11)15(20)12-5-1-2-6-13(12)16(17)21/h1-10,14H. The first-order chi connectivity index (χ1) is 10.7. The Hall–Kier alpha value is -2.79. The molecule has 0 bridgehead atoms. The highest BCUT2D eigenvalue weighted by atomic mass is 16.5. The second kappa shape index (κ2) is 4.35. The summed E-state index contributed by atoms with van der Waals surface area (Å²) < 4.78 is 5.84. The molecule has 2 aliphatic heterocycles. The SMILES string of the molecule is O=CC1=CN2C=CC=CC2OC12C(=O)c1ccccc1C2=O. The number of nitrogens with zero attached hydrogens (tertiary/aromatic N) is 1. The number of Topliss-reactive ketones (excluding diaryl/α,β-unsaturated/α-hetero) is 2. The Labute approximate surface area is 126 Å². The summed E-state index contributed by atoms with van der Waals surface area (Å²) >= 11 is 0. The molecule has 0 N–H and O–H groups in total. The van der Waals surface area contributed by atoms with Crippen LogP contribution in [0, 0.1) is 0 Å². The van der Waals surface area contributed by atoms with Gasteiger partial charge >= 0.3 is 0 Å². The monoisotopic (exact) mass is 293 g/mol. The normalized spacial score (nSPS) is 24.3. The van der Waals surface area contributed by atoms with Gasteiger partial charge in [-0.05, 0) is 12.2 Å². The molecule has 4 rings (SSSR count). The molecule has 1 spiro atoms. The second-order valence-corrected chi connectivity index (χ2v) is 5.27. The third-order valence-corrected chi connectivity index (χ3v) is 4.11. The van der Waals surface area contributed by atoms with E-state index in [1.165, 1.54) is 6.20 Å². The highest BCUT2D eigenvalue weighted by Crippen LogP contribution is 2.41. The Morgan fingerprint density at radius 1 is 1.09 bits per heavy atom. The number of hydrogen-bond donors (Lipinski definition) is 0. The van der Waals surface area contributed by atoms with Crippen molar-refractivity contribution in [1.29, 1.82) is 0 Å². The van der Waals surface area contributed by atoms with Crippen molar-refractivity contribution >= 4 is 17.9 Å². The average Bonchev–Trinajstić information content (AvgIpc) is 2.78. The van der Waals surface area contributed by atoms with E-state index in [0.717, 1.165) is 0 Å². The van der Waals surface area contributed by atoms with Crippen LogP contribution < -0.4 is 0 Å². The van der Waals surface area contributed by atoms with Gasteiger partial charge in [0.1, 0.15) is 0 Å². The maximum Gasteiger partial charge on any atom is 0.225 e. The van der Waals surface area contributed by atoms with Gasteiger partial charge in [0.25, 0.3) is 0 Å². The van der Waals surface area contributed by atoms with E-state index in [1.54, 1.807) is 53.6 Å². The average molecular weight is 293 g/mol. The van der Waals surface area contributed by atoms with Gasteiger partial charge in [-0.25, -0.2) is 0 Å². The molecule has 108 valence electrons. The zero-order valence-corrected chi connectivity index (χ0v) is 11.4. The molecule has 5 heteroatoms. The summed E-state index contributed by atoms with van der Waals surface area (Å²) in [4.78, 5) is 38.8. The minimum atomic E-state index is -1.86. The molecule has 0 amide bonds. The fourth-order valence-corrected chi connectivity index (χ4v) is 3.05. The smallest absolute Gasteiger partial charge is 0.225 e. The molecule has 0 aromatic heterocycles. The van der Waals surface area contributed by atoms with Crippen molar-refractivity contribution in [2.24, 2.45) is 0 Å². The highest BCUT2D eigenvalue weighted by Gasteiger charge is 2.59. The molecule has 0 fully saturated rings. The van der Waals surface area contributed by atoms with Gasteiger partial charge in [-0.3, -0.25) is 14.4 Å². The van der Waals surface area contributed by atoms with Crippen molar-refractivity contribution in [3.63, 3.8) is 0 Å². The van der Waals surface area contributed by atoms with Crippen molar-refractivity contribution in [3.05, 3.63) is 71.6 Å². The van der Waals surface area contributed by atoms with E-state index >= 15 is 0 Å². The molecule has 1 aromatic rings. The molecule has 3 aliphatic rings. The third-order valence-electron chi connectivity index (χ3n) is 4.11. The van der Waals surface area contributed by atoms with Gasteiger partial charge in [-0.15, -0.1) is 0 Å². The number of carbonyl (C=O) groups is 3. The van der Waals surface area contributed by atoms with E-state index in [0.29, 0.717) is 17.4 Å². The van der Waals surface area contributed by atoms with Gasteiger partial charge in [0.05, 0.1) is 5.57 Å². The summed E-state index contributed by atoms with van der Waals surface area (Å²) in [6.07, 6.45) is 8.43. The molecular formula is C17H11NO4. The number of fused-ring (bicyclic) bond motifs is 2. The van der Waals surface area contributed by atoms with Crippen molar-refractivity contribution in [3.8, 4) is 0 Å². The van der Waals surface area contributed by atoms with Crippen LogP contribution in [0.2, 0.25) is 0 Å². The molecule has 2 heterocycles. The number of rotatable bonds is 1. The van der Waals surface area contributed by atoms with Crippen LogP contribution in [0.1, 0.15) is 20.7 Å². The van der Waals surface area contributed by atoms with Crippen LogP contribution in [0.15, 0.2) is 60.5 Å². The number of ketones is 2. The number of benzene rings is 1. The van der Waals surface area contributed by atoms with E-state index in [9.17, 15) is 14.4 Å². The van der Waals surface area contributed by atoms with Gasteiger partial charge in [0.15, 0.2) is 12.5 Å². The topological polar surface area (TPSA) is 63.7 Å². The van der Waals surface area contributed by atoms with E-state index in [1.807, 2.05) is 0 Å². The van der Waals surface area contributed by atoms with Crippen molar-refractivity contribution in [2.75, 3.05) is 0 Å². The number of aldehydes is 1. The number of hydrogen-bond acceptors (Lipinski definition) is 5. The van der Waals surface area contributed by atoms with Crippen LogP contribution in [-0.2, 0) is 9.53 Å². The first-order valence-electron chi connectivity index (χ1n) is 6.85. The predicted octanol–water partition coefficient (Wildman–Crippen LogP) is 1.63.